The predicted molar refractivity (Wildman–Crippen MR) is 69.5 cm³/mol. The normalized spacial score (nSPS) is 24.6. The third kappa shape index (κ3) is 3.91. The van der Waals surface area contributed by atoms with Gasteiger partial charge < -0.3 is 5.11 Å². The van der Waals surface area contributed by atoms with Gasteiger partial charge >= 0.3 is 0 Å². The number of nitrogens with one attached hydrogen (secondary N) is 1. The van der Waals surface area contributed by atoms with Gasteiger partial charge in [-0.3, -0.25) is 0 Å². The minimum atomic E-state index is -3.59. The SMILES string of the molecule is CCC(C)(CO)NS(=O)(=O)C1CCS(=O)(=O)CC1. The molecule has 8 heteroatoms. The molecule has 2 N–H and O–H groups in total. The molecule has 0 saturated carbocycles. The maximum absolute atomic E-state index is 12.1. The fourth-order valence-electron chi connectivity index (χ4n) is 1.82. The minimum absolute atomic E-state index is 0.0828. The average Bonchev–Trinajstić information content (AvgIpc) is 2.27. The molecular formula is C10H21NO5S2. The molecule has 1 aliphatic rings. The van der Waals surface area contributed by atoms with Crippen molar-refractivity contribution in [3.05, 3.63) is 0 Å². The van der Waals surface area contributed by atoms with Crippen LogP contribution in [0.1, 0.15) is 33.1 Å². The molecule has 0 aliphatic carbocycles. The molecule has 0 aromatic heterocycles. The van der Waals surface area contributed by atoms with E-state index >= 15 is 0 Å². The first-order chi connectivity index (χ1) is 8.14. The van der Waals surface area contributed by atoms with Crippen molar-refractivity contribution in [3.63, 3.8) is 0 Å². The highest BCUT2D eigenvalue weighted by Crippen LogP contribution is 2.21. The number of hydrogen-bond acceptors (Lipinski definition) is 5. The Labute approximate surface area is 109 Å². The average molecular weight is 299 g/mol. The first-order valence-corrected chi connectivity index (χ1v) is 9.35. The van der Waals surface area contributed by atoms with Crippen molar-refractivity contribution < 1.29 is 21.9 Å². The van der Waals surface area contributed by atoms with Crippen LogP contribution in [0.3, 0.4) is 0 Å². The van der Waals surface area contributed by atoms with E-state index in [0.29, 0.717) is 6.42 Å². The van der Waals surface area contributed by atoms with Crippen LogP contribution in [0.5, 0.6) is 0 Å². The summed E-state index contributed by atoms with van der Waals surface area (Å²) in [6.07, 6.45) is 0.722. The van der Waals surface area contributed by atoms with Crippen LogP contribution in [0.25, 0.3) is 0 Å². The van der Waals surface area contributed by atoms with Crippen molar-refractivity contribution in [3.8, 4) is 0 Å². The minimum Gasteiger partial charge on any atom is -0.394 e. The van der Waals surface area contributed by atoms with Gasteiger partial charge in [0.2, 0.25) is 10.0 Å². The monoisotopic (exact) mass is 299 g/mol. The van der Waals surface area contributed by atoms with Crippen molar-refractivity contribution in [1.82, 2.24) is 4.72 Å². The first kappa shape index (κ1) is 15.9. The fraction of sp³-hybridized carbons (Fsp3) is 1.00. The van der Waals surface area contributed by atoms with E-state index in [-0.39, 0.29) is 31.0 Å². The van der Waals surface area contributed by atoms with Crippen molar-refractivity contribution in [2.24, 2.45) is 0 Å². The number of hydrogen-bond donors (Lipinski definition) is 2. The third-order valence-electron chi connectivity index (χ3n) is 3.46. The largest absolute Gasteiger partial charge is 0.394 e. The summed E-state index contributed by atoms with van der Waals surface area (Å²) < 4.78 is 49.3. The quantitative estimate of drug-likeness (QED) is 0.722. The molecule has 0 aromatic rings. The van der Waals surface area contributed by atoms with E-state index in [4.69, 9.17) is 0 Å². The lowest BCUT2D eigenvalue weighted by Gasteiger charge is -2.30. The summed E-state index contributed by atoms with van der Waals surface area (Å²) >= 11 is 0. The van der Waals surface area contributed by atoms with Crippen LogP contribution < -0.4 is 4.72 Å². The molecule has 1 rings (SSSR count). The Hall–Kier alpha value is -0.180. The maximum Gasteiger partial charge on any atom is 0.215 e. The molecule has 6 nitrogen and oxygen atoms in total. The van der Waals surface area contributed by atoms with E-state index in [2.05, 4.69) is 4.72 Å². The van der Waals surface area contributed by atoms with Crippen LogP contribution in [0, 0.1) is 0 Å². The Bertz CT molecular complexity index is 464. The summed E-state index contributed by atoms with van der Waals surface area (Å²) in [5, 5.41) is 8.53. The van der Waals surface area contributed by atoms with Gasteiger partial charge in [0.05, 0.1) is 28.9 Å². The molecule has 1 heterocycles. The van der Waals surface area contributed by atoms with E-state index in [1.807, 2.05) is 0 Å². The Morgan fingerprint density at radius 1 is 1.33 bits per heavy atom. The van der Waals surface area contributed by atoms with Crippen LogP contribution in [-0.2, 0) is 19.9 Å². The lowest BCUT2D eigenvalue weighted by molar-refractivity contribution is 0.190. The van der Waals surface area contributed by atoms with Crippen LogP contribution in [0.4, 0.5) is 0 Å². The van der Waals surface area contributed by atoms with E-state index in [0.717, 1.165) is 0 Å². The second-order valence-corrected chi connectivity index (χ2v) is 9.34. The van der Waals surface area contributed by atoms with Gasteiger partial charge in [-0.25, -0.2) is 21.6 Å². The summed E-state index contributed by atoms with van der Waals surface area (Å²) in [6, 6.07) is 0. The molecular weight excluding hydrogens is 278 g/mol. The Kier molecular flexibility index (Phi) is 4.80. The lowest BCUT2D eigenvalue weighted by Crippen LogP contribution is -2.52. The molecule has 0 amide bonds. The lowest BCUT2D eigenvalue weighted by atomic mass is 10.0. The van der Waals surface area contributed by atoms with E-state index < -0.39 is 30.6 Å². The van der Waals surface area contributed by atoms with Gasteiger partial charge in [-0.2, -0.15) is 0 Å². The zero-order valence-corrected chi connectivity index (χ0v) is 12.3. The highest BCUT2D eigenvalue weighted by molar-refractivity contribution is 7.92. The number of sulfone groups is 1. The second-order valence-electron chi connectivity index (χ2n) is 5.07. The van der Waals surface area contributed by atoms with Crippen LogP contribution in [0.2, 0.25) is 0 Å². The Balaban J connectivity index is 2.77. The standard InChI is InChI=1S/C10H21NO5S2/c1-3-10(2,8-12)11-18(15,16)9-4-6-17(13,14)7-5-9/h9,11-12H,3-8H2,1-2H3. The van der Waals surface area contributed by atoms with Crippen molar-refractivity contribution in [2.45, 2.75) is 43.9 Å². The zero-order valence-electron chi connectivity index (χ0n) is 10.7. The molecule has 0 aromatic carbocycles. The molecule has 0 spiro atoms. The number of sulfonamides is 1. The molecule has 1 aliphatic heterocycles. The summed E-state index contributed by atoms with van der Waals surface area (Å²) in [4.78, 5) is 0. The summed E-state index contributed by atoms with van der Waals surface area (Å²) in [7, 11) is -6.66. The van der Waals surface area contributed by atoms with Gasteiger partial charge in [0.25, 0.3) is 0 Å². The number of aliphatic hydroxyl groups is 1. The molecule has 1 saturated heterocycles. The smallest absolute Gasteiger partial charge is 0.215 e. The third-order valence-corrected chi connectivity index (χ3v) is 7.30. The molecule has 0 bridgehead atoms. The second kappa shape index (κ2) is 5.44. The van der Waals surface area contributed by atoms with Crippen LogP contribution in [0.15, 0.2) is 0 Å². The molecule has 18 heavy (non-hydrogen) atoms. The van der Waals surface area contributed by atoms with Crippen LogP contribution in [-0.4, -0.2) is 50.8 Å². The maximum atomic E-state index is 12.1. The fourth-order valence-corrected chi connectivity index (χ4v) is 5.53. The molecule has 1 fully saturated rings. The van der Waals surface area contributed by atoms with Gasteiger partial charge in [-0.05, 0) is 26.2 Å². The van der Waals surface area contributed by atoms with Gasteiger partial charge in [0.15, 0.2) is 0 Å². The number of rotatable bonds is 5. The van der Waals surface area contributed by atoms with Crippen molar-refractivity contribution in [1.29, 1.82) is 0 Å². The Morgan fingerprint density at radius 2 is 1.83 bits per heavy atom. The van der Waals surface area contributed by atoms with Gasteiger partial charge in [0, 0.05) is 0 Å². The van der Waals surface area contributed by atoms with Crippen molar-refractivity contribution in [2.75, 3.05) is 18.1 Å². The van der Waals surface area contributed by atoms with Gasteiger partial charge in [-0.15, -0.1) is 0 Å². The highest BCUT2D eigenvalue weighted by atomic mass is 32.2. The molecule has 0 radical (unpaired) electrons. The van der Waals surface area contributed by atoms with Gasteiger partial charge in [0.1, 0.15) is 9.84 Å². The summed E-state index contributed by atoms with van der Waals surface area (Å²) in [6.45, 7) is 3.13. The predicted octanol–water partition coefficient (Wildman–Crippen LogP) is -0.356. The van der Waals surface area contributed by atoms with Crippen molar-refractivity contribution >= 4 is 19.9 Å². The topological polar surface area (TPSA) is 101 Å². The van der Waals surface area contributed by atoms with Crippen LogP contribution >= 0.6 is 0 Å². The summed E-state index contributed by atoms with van der Waals surface area (Å²) in [5.74, 6) is -0.166. The van der Waals surface area contributed by atoms with E-state index in [1.54, 1.807) is 13.8 Å². The van der Waals surface area contributed by atoms with E-state index in [9.17, 15) is 21.9 Å². The summed E-state index contributed by atoms with van der Waals surface area (Å²) in [5.41, 5.74) is -0.880. The molecule has 108 valence electrons. The molecule has 1 unspecified atom stereocenters. The zero-order chi connectivity index (χ0) is 14.0. The first-order valence-electron chi connectivity index (χ1n) is 5.98. The molecule has 1 atom stereocenters. The van der Waals surface area contributed by atoms with E-state index in [1.165, 1.54) is 0 Å². The Morgan fingerprint density at radius 3 is 2.22 bits per heavy atom. The highest BCUT2D eigenvalue weighted by Gasteiger charge is 2.36. The number of aliphatic hydroxyl groups excluding tert-OH is 1. The van der Waals surface area contributed by atoms with Gasteiger partial charge in [-0.1, -0.05) is 6.92 Å².